The van der Waals surface area contributed by atoms with Crippen molar-refractivity contribution in [2.24, 2.45) is 5.73 Å². The van der Waals surface area contributed by atoms with Crippen LogP contribution in [-0.2, 0) is 4.79 Å². The number of hydrogen-bond acceptors (Lipinski definition) is 6. The zero-order valence-electron chi connectivity index (χ0n) is 11.5. The Morgan fingerprint density at radius 2 is 2.25 bits per heavy atom. The highest BCUT2D eigenvalue weighted by molar-refractivity contribution is 6.06. The second-order valence-electron chi connectivity index (χ2n) is 4.32. The molecule has 0 aromatic carbocycles. The molecule has 0 saturated heterocycles. The van der Waals surface area contributed by atoms with Gasteiger partial charge in [0.1, 0.15) is 0 Å². The first-order valence-electron chi connectivity index (χ1n) is 6.38. The zero-order valence-corrected chi connectivity index (χ0v) is 11.5. The molecule has 0 unspecified atom stereocenters. The number of aromatic nitrogens is 1. The fourth-order valence-corrected chi connectivity index (χ4v) is 1.33. The minimum absolute atomic E-state index is 0.159. The summed E-state index contributed by atoms with van der Waals surface area (Å²) in [6, 6.07) is 0.625. The Morgan fingerprint density at radius 1 is 1.55 bits per heavy atom. The van der Waals surface area contributed by atoms with Crippen LogP contribution in [0.1, 0.15) is 37.2 Å². The van der Waals surface area contributed by atoms with Crippen LogP contribution in [0, 0.1) is 0 Å². The molecule has 0 aliphatic carbocycles. The third kappa shape index (κ3) is 4.20. The van der Waals surface area contributed by atoms with Gasteiger partial charge in [-0.15, -0.1) is 0 Å². The van der Waals surface area contributed by atoms with E-state index in [2.05, 4.69) is 10.3 Å². The normalized spacial score (nSPS) is 11.8. The minimum atomic E-state index is -0.829. The van der Waals surface area contributed by atoms with Crippen LogP contribution >= 0.6 is 0 Å². The van der Waals surface area contributed by atoms with Gasteiger partial charge in [-0.1, -0.05) is 13.3 Å². The highest BCUT2D eigenvalue weighted by Crippen LogP contribution is 2.28. The molecule has 7 nitrogen and oxygen atoms in total. The Morgan fingerprint density at radius 3 is 2.85 bits per heavy atom. The van der Waals surface area contributed by atoms with Crippen molar-refractivity contribution in [2.75, 3.05) is 6.61 Å². The number of carbonyl (C=O) groups excluding carboxylic acids is 2. The van der Waals surface area contributed by atoms with Crippen LogP contribution in [0.25, 0.3) is 0 Å². The summed E-state index contributed by atoms with van der Waals surface area (Å²) in [7, 11) is 0. The fourth-order valence-electron chi connectivity index (χ4n) is 1.33. The lowest BCUT2D eigenvalue weighted by molar-refractivity contribution is -0.121. The van der Waals surface area contributed by atoms with Gasteiger partial charge in [0.25, 0.3) is 5.91 Å². The number of unbranched alkanes of at least 4 members (excludes halogenated alkanes) is 1. The van der Waals surface area contributed by atoms with Gasteiger partial charge >= 0.3 is 0 Å². The highest BCUT2D eigenvalue weighted by atomic mass is 16.5. The van der Waals surface area contributed by atoms with Crippen molar-refractivity contribution in [1.82, 2.24) is 10.3 Å². The number of pyridine rings is 1. The molecular weight excluding hydrogens is 262 g/mol. The second kappa shape index (κ2) is 7.44. The average Bonchev–Trinajstić information content (AvgIpc) is 2.40. The fraction of sp³-hybridized carbons (Fsp3) is 0.462. The maximum Gasteiger partial charge on any atom is 0.280 e. The molecule has 1 aromatic rings. The number of imide groups is 1. The Balaban J connectivity index is 2.82. The summed E-state index contributed by atoms with van der Waals surface area (Å²) in [6.07, 6.45) is 3.10. The molecule has 0 aliphatic rings. The molecule has 0 radical (unpaired) electrons. The summed E-state index contributed by atoms with van der Waals surface area (Å²) in [5.74, 6) is -1.69. The number of ether oxygens (including phenoxy) is 1. The lowest BCUT2D eigenvalue weighted by Gasteiger charge is -2.10. The van der Waals surface area contributed by atoms with Crippen molar-refractivity contribution < 1.29 is 19.4 Å². The van der Waals surface area contributed by atoms with Crippen LogP contribution < -0.4 is 15.8 Å². The summed E-state index contributed by atoms with van der Waals surface area (Å²) in [6.45, 7) is 3.88. The van der Waals surface area contributed by atoms with E-state index in [0.717, 1.165) is 12.8 Å². The molecule has 0 fully saturated rings. The van der Waals surface area contributed by atoms with Gasteiger partial charge in [0, 0.05) is 12.3 Å². The third-order valence-electron chi connectivity index (χ3n) is 2.51. The molecule has 1 aromatic heterocycles. The predicted molar refractivity (Wildman–Crippen MR) is 72.4 cm³/mol. The summed E-state index contributed by atoms with van der Waals surface area (Å²) in [4.78, 5) is 26.9. The van der Waals surface area contributed by atoms with E-state index in [1.165, 1.54) is 19.2 Å². The maximum atomic E-state index is 11.8. The number of nitrogens with two attached hydrogens (primary N) is 1. The average molecular weight is 281 g/mol. The van der Waals surface area contributed by atoms with Crippen molar-refractivity contribution in [3.05, 3.63) is 18.0 Å². The molecule has 0 spiro atoms. The molecular formula is C13H19N3O4. The quantitative estimate of drug-likeness (QED) is 0.657. The number of rotatable bonds is 6. The first-order valence-corrected chi connectivity index (χ1v) is 6.38. The van der Waals surface area contributed by atoms with Gasteiger partial charge in [-0.25, -0.2) is 4.98 Å². The number of nitrogens with zero attached hydrogens (tertiary/aromatic N) is 1. The zero-order chi connectivity index (χ0) is 15.1. The van der Waals surface area contributed by atoms with Crippen LogP contribution in [0.3, 0.4) is 0 Å². The third-order valence-corrected chi connectivity index (χ3v) is 2.51. The molecule has 0 aliphatic heterocycles. The summed E-state index contributed by atoms with van der Waals surface area (Å²) >= 11 is 0. The molecule has 20 heavy (non-hydrogen) atoms. The van der Waals surface area contributed by atoms with E-state index in [4.69, 9.17) is 10.5 Å². The largest absolute Gasteiger partial charge is 0.503 e. The number of carbonyl (C=O) groups is 2. The first-order chi connectivity index (χ1) is 9.47. The molecule has 4 N–H and O–H groups in total. The molecule has 1 atom stereocenters. The van der Waals surface area contributed by atoms with Gasteiger partial charge < -0.3 is 15.6 Å². The van der Waals surface area contributed by atoms with Gasteiger partial charge in [-0.05, 0) is 13.3 Å². The summed E-state index contributed by atoms with van der Waals surface area (Å²) < 4.78 is 5.34. The SMILES string of the molecule is CCCCOc1ccnc(C(=O)NC(=O)[C@@H](C)N)c1O. The summed E-state index contributed by atoms with van der Waals surface area (Å²) in [5, 5.41) is 12.0. The van der Waals surface area contributed by atoms with Gasteiger partial charge in [0.15, 0.2) is 17.2 Å². The minimum Gasteiger partial charge on any atom is -0.503 e. The van der Waals surface area contributed by atoms with Crippen molar-refractivity contribution in [3.8, 4) is 11.5 Å². The molecule has 1 rings (SSSR count). The van der Waals surface area contributed by atoms with Crippen LogP contribution in [0.15, 0.2) is 12.3 Å². The number of nitrogens with one attached hydrogen (secondary N) is 1. The maximum absolute atomic E-state index is 11.8. The lowest BCUT2D eigenvalue weighted by Crippen LogP contribution is -2.41. The molecule has 1 heterocycles. The Bertz CT molecular complexity index is 489. The van der Waals surface area contributed by atoms with E-state index >= 15 is 0 Å². The molecule has 110 valence electrons. The topological polar surface area (TPSA) is 115 Å². The van der Waals surface area contributed by atoms with E-state index in [0.29, 0.717) is 6.61 Å². The number of hydrogen-bond donors (Lipinski definition) is 3. The van der Waals surface area contributed by atoms with Crippen molar-refractivity contribution in [3.63, 3.8) is 0 Å². The van der Waals surface area contributed by atoms with Crippen LogP contribution in [0.5, 0.6) is 11.5 Å². The van der Waals surface area contributed by atoms with Gasteiger partial charge in [-0.3, -0.25) is 14.9 Å². The highest BCUT2D eigenvalue weighted by Gasteiger charge is 2.20. The van der Waals surface area contributed by atoms with Crippen LogP contribution in [-0.4, -0.2) is 34.6 Å². The van der Waals surface area contributed by atoms with E-state index in [-0.39, 0.29) is 11.4 Å². The molecule has 7 heteroatoms. The van der Waals surface area contributed by atoms with Gasteiger partial charge in [0.2, 0.25) is 5.91 Å². The van der Waals surface area contributed by atoms with Crippen LogP contribution in [0.2, 0.25) is 0 Å². The molecule has 0 saturated carbocycles. The van der Waals surface area contributed by atoms with Crippen molar-refractivity contribution in [1.29, 1.82) is 0 Å². The number of aromatic hydroxyl groups is 1. The predicted octanol–water partition coefficient (Wildman–Crippen LogP) is 0.570. The van der Waals surface area contributed by atoms with Crippen molar-refractivity contribution >= 4 is 11.8 Å². The monoisotopic (exact) mass is 281 g/mol. The van der Waals surface area contributed by atoms with Gasteiger partial charge in [-0.2, -0.15) is 0 Å². The van der Waals surface area contributed by atoms with E-state index in [9.17, 15) is 14.7 Å². The smallest absolute Gasteiger partial charge is 0.280 e. The first kappa shape index (κ1) is 15.9. The number of amides is 2. The Kier molecular flexibility index (Phi) is 5.92. The van der Waals surface area contributed by atoms with E-state index in [1.54, 1.807) is 0 Å². The van der Waals surface area contributed by atoms with E-state index in [1.807, 2.05) is 6.92 Å². The van der Waals surface area contributed by atoms with Crippen molar-refractivity contribution in [2.45, 2.75) is 32.7 Å². The van der Waals surface area contributed by atoms with Gasteiger partial charge in [0.05, 0.1) is 12.6 Å². The van der Waals surface area contributed by atoms with Crippen LogP contribution in [0.4, 0.5) is 0 Å². The Labute approximate surface area is 117 Å². The summed E-state index contributed by atoms with van der Waals surface area (Å²) in [5.41, 5.74) is 5.07. The Hall–Kier alpha value is -2.15. The molecule has 0 bridgehead atoms. The molecule has 2 amide bonds. The standard InChI is InChI=1S/C13H19N3O4/c1-3-4-7-20-9-5-6-15-10(11(9)17)13(19)16-12(18)8(2)14/h5-6,8,17H,3-4,7,14H2,1-2H3,(H,16,18,19)/t8-/m1/s1. The van der Waals surface area contributed by atoms with E-state index < -0.39 is 23.6 Å². The lowest BCUT2D eigenvalue weighted by atomic mass is 10.2. The second-order valence-corrected chi connectivity index (χ2v) is 4.32.